The molecule has 0 spiro atoms. The predicted octanol–water partition coefficient (Wildman–Crippen LogP) is 2.04. The third-order valence-corrected chi connectivity index (χ3v) is 6.22. The van der Waals surface area contributed by atoms with Crippen molar-refractivity contribution in [1.29, 1.82) is 0 Å². The van der Waals surface area contributed by atoms with Crippen molar-refractivity contribution in [3.05, 3.63) is 22.2 Å². The van der Waals surface area contributed by atoms with E-state index < -0.39 is 10.0 Å². The van der Waals surface area contributed by atoms with Gasteiger partial charge in [0.05, 0.1) is 28.0 Å². The van der Waals surface area contributed by atoms with Gasteiger partial charge in [0.15, 0.2) is 0 Å². The van der Waals surface area contributed by atoms with Crippen molar-refractivity contribution in [3.63, 3.8) is 0 Å². The smallest absolute Gasteiger partial charge is 0.241 e. The molecule has 140 valence electrons. The van der Waals surface area contributed by atoms with Gasteiger partial charge in [-0.15, -0.1) is 0 Å². The van der Waals surface area contributed by atoms with E-state index in [4.69, 9.17) is 23.2 Å². The Morgan fingerprint density at radius 2 is 1.88 bits per heavy atom. The number of rotatable bonds is 6. The maximum absolute atomic E-state index is 12.3. The van der Waals surface area contributed by atoms with Crippen LogP contribution in [0.3, 0.4) is 0 Å². The third kappa shape index (κ3) is 5.64. The van der Waals surface area contributed by atoms with Gasteiger partial charge in [-0.1, -0.05) is 23.2 Å². The number of hydrogen-bond acceptors (Lipinski definition) is 5. The summed E-state index contributed by atoms with van der Waals surface area (Å²) in [6.07, 6.45) is 1.14. The lowest BCUT2D eigenvalue weighted by Gasteiger charge is -2.32. The molecule has 1 aliphatic heterocycles. The Morgan fingerprint density at radius 1 is 1.28 bits per heavy atom. The summed E-state index contributed by atoms with van der Waals surface area (Å²) >= 11 is 11.7. The molecule has 0 atom stereocenters. The molecule has 0 saturated carbocycles. The highest BCUT2D eigenvalue weighted by molar-refractivity contribution is 7.89. The highest BCUT2D eigenvalue weighted by Crippen LogP contribution is 2.33. The Kier molecular flexibility index (Phi) is 6.79. The molecule has 0 aromatic heterocycles. The molecule has 25 heavy (non-hydrogen) atoms. The second kappa shape index (κ2) is 8.44. The lowest BCUT2D eigenvalue weighted by molar-refractivity contribution is -0.130. The van der Waals surface area contributed by atoms with Crippen molar-refractivity contribution in [2.24, 2.45) is 0 Å². The summed E-state index contributed by atoms with van der Waals surface area (Å²) in [5, 5.41) is 13.2. The van der Waals surface area contributed by atoms with E-state index in [0.29, 0.717) is 31.6 Å². The number of sulfonamides is 1. The number of benzene rings is 1. The van der Waals surface area contributed by atoms with Crippen molar-refractivity contribution in [1.82, 2.24) is 9.62 Å². The van der Waals surface area contributed by atoms with Gasteiger partial charge in [-0.05, 0) is 25.8 Å². The van der Waals surface area contributed by atoms with E-state index in [0.717, 1.165) is 0 Å². The van der Waals surface area contributed by atoms with Gasteiger partial charge >= 0.3 is 0 Å². The number of anilines is 1. The number of hydrogen-bond donors (Lipinski definition) is 3. The number of nitrogens with zero attached hydrogens (tertiary/aromatic N) is 1. The van der Waals surface area contributed by atoms with E-state index >= 15 is 0 Å². The molecule has 0 unspecified atom stereocenters. The van der Waals surface area contributed by atoms with Gasteiger partial charge in [-0.25, -0.2) is 13.1 Å². The number of piperidine rings is 1. The third-order valence-electron chi connectivity index (χ3n) is 4.04. The second-order valence-corrected chi connectivity index (χ2v) is 8.67. The van der Waals surface area contributed by atoms with Crippen molar-refractivity contribution in [2.75, 3.05) is 30.7 Å². The summed E-state index contributed by atoms with van der Waals surface area (Å²) in [6, 6.07) is 2.63. The van der Waals surface area contributed by atoms with Crippen LogP contribution >= 0.6 is 23.2 Å². The first-order chi connectivity index (χ1) is 11.7. The summed E-state index contributed by atoms with van der Waals surface area (Å²) in [4.78, 5) is 13.9. The molecular formula is C15H21Cl2N3O4S. The number of phenolic OH excluding ortho intramolecular Hbond substituents is 1. The minimum absolute atomic E-state index is 0.00310. The van der Waals surface area contributed by atoms with Gasteiger partial charge in [0.1, 0.15) is 5.75 Å². The molecule has 2 rings (SSSR count). The van der Waals surface area contributed by atoms with Crippen LogP contribution in [0, 0.1) is 0 Å². The largest absolute Gasteiger partial charge is 0.506 e. The zero-order chi connectivity index (χ0) is 18.6. The zero-order valence-corrected chi connectivity index (χ0v) is 16.1. The molecule has 1 amide bonds. The minimum Gasteiger partial charge on any atom is -0.506 e. The molecule has 1 aromatic rings. The Balaban J connectivity index is 1.84. The number of halogens is 2. The fourth-order valence-corrected chi connectivity index (χ4v) is 3.78. The van der Waals surface area contributed by atoms with E-state index in [1.165, 1.54) is 12.1 Å². The van der Waals surface area contributed by atoms with Crippen LogP contribution in [0.5, 0.6) is 5.75 Å². The number of aromatic hydroxyl groups is 1. The van der Waals surface area contributed by atoms with Crippen LogP contribution in [0.15, 0.2) is 12.1 Å². The SMILES string of the molecule is CCS(=O)(=O)NC1CCN(C(=O)CNc2cc(Cl)c(Cl)cc2O)CC1. The molecule has 3 N–H and O–H groups in total. The summed E-state index contributed by atoms with van der Waals surface area (Å²) < 4.78 is 25.8. The van der Waals surface area contributed by atoms with Crippen LogP contribution in [-0.4, -0.2) is 55.8 Å². The highest BCUT2D eigenvalue weighted by Gasteiger charge is 2.25. The summed E-state index contributed by atoms with van der Waals surface area (Å²) in [5.41, 5.74) is 0.327. The summed E-state index contributed by atoms with van der Waals surface area (Å²) in [7, 11) is -3.23. The monoisotopic (exact) mass is 409 g/mol. The van der Waals surface area contributed by atoms with Gasteiger partial charge in [0.2, 0.25) is 15.9 Å². The van der Waals surface area contributed by atoms with Crippen LogP contribution in [0.1, 0.15) is 19.8 Å². The van der Waals surface area contributed by atoms with E-state index in [9.17, 15) is 18.3 Å². The zero-order valence-electron chi connectivity index (χ0n) is 13.8. The van der Waals surface area contributed by atoms with Crippen LogP contribution in [-0.2, 0) is 14.8 Å². The molecule has 1 fully saturated rings. The van der Waals surface area contributed by atoms with Crippen LogP contribution in [0.2, 0.25) is 10.0 Å². The van der Waals surface area contributed by atoms with Crippen LogP contribution in [0.25, 0.3) is 0 Å². The summed E-state index contributed by atoms with van der Waals surface area (Å²) in [5.74, 6) is -0.180. The number of likely N-dealkylation sites (tertiary alicyclic amines) is 1. The number of nitrogens with one attached hydrogen (secondary N) is 2. The lowest BCUT2D eigenvalue weighted by Crippen LogP contribution is -2.48. The molecule has 1 aromatic carbocycles. The molecule has 1 heterocycles. The van der Waals surface area contributed by atoms with Gasteiger partial charge in [0.25, 0.3) is 0 Å². The van der Waals surface area contributed by atoms with Crippen LogP contribution < -0.4 is 10.0 Å². The van der Waals surface area contributed by atoms with Gasteiger partial charge in [-0.2, -0.15) is 0 Å². The number of phenols is 1. The molecule has 1 saturated heterocycles. The van der Waals surface area contributed by atoms with Crippen molar-refractivity contribution in [3.8, 4) is 5.75 Å². The molecule has 1 aliphatic rings. The first kappa shape index (κ1) is 20.1. The fourth-order valence-electron chi connectivity index (χ4n) is 2.54. The Labute approximate surface area is 157 Å². The molecular weight excluding hydrogens is 389 g/mol. The quantitative estimate of drug-likeness (QED) is 0.624. The standard InChI is InChI=1S/C15H21Cl2N3O4S/c1-2-25(23,24)19-10-3-5-20(6-4-10)15(22)9-18-13-7-11(16)12(17)8-14(13)21/h7-8,10,18-19,21H,2-6,9H2,1H3. The second-order valence-electron chi connectivity index (χ2n) is 5.81. The molecule has 7 nitrogen and oxygen atoms in total. The highest BCUT2D eigenvalue weighted by atomic mass is 35.5. The first-order valence-corrected chi connectivity index (χ1v) is 10.3. The molecule has 0 bridgehead atoms. The van der Waals surface area contributed by atoms with Gasteiger partial charge in [-0.3, -0.25) is 4.79 Å². The van der Waals surface area contributed by atoms with Gasteiger partial charge < -0.3 is 15.3 Å². The van der Waals surface area contributed by atoms with E-state index in [-0.39, 0.29) is 40.0 Å². The normalized spacial score (nSPS) is 16.0. The first-order valence-electron chi connectivity index (χ1n) is 7.91. The van der Waals surface area contributed by atoms with Crippen molar-refractivity contribution >= 4 is 44.8 Å². The minimum atomic E-state index is -3.23. The molecule has 0 radical (unpaired) electrons. The number of amides is 1. The average molecular weight is 410 g/mol. The molecule has 10 heteroatoms. The lowest BCUT2D eigenvalue weighted by atomic mass is 10.1. The average Bonchev–Trinajstić information content (AvgIpc) is 2.57. The molecule has 0 aliphatic carbocycles. The van der Waals surface area contributed by atoms with E-state index in [1.807, 2.05) is 0 Å². The fraction of sp³-hybridized carbons (Fsp3) is 0.533. The summed E-state index contributed by atoms with van der Waals surface area (Å²) in [6.45, 7) is 2.54. The van der Waals surface area contributed by atoms with Crippen LogP contribution in [0.4, 0.5) is 5.69 Å². The number of carbonyl (C=O) groups is 1. The Hall–Kier alpha value is -1.22. The Bertz CT molecular complexity index is 735. The van der Waals surface area contributed by atoms with Gasteiger partial charge in [0, 0.05) is 25.2 Å². The predicted molar refractivity (Wildman–Crippen MR) is 98.8 cm³/mol. The Morgan fingerprint density at radius 3 is 2.48 bits per heavy atom. The van der Waals surface area contributed by atoms with Crippen molar-refractivity contribution < 1.29 is 18.3 Å². The van der Waals surface area contributed by atoms with Crippen molar-refractivity contribution in [2.45, 2.75) is 25.8 Å². The maximum atomic E-state index is 12.3. The topological polar surface area (TPSA) is 98.7 Å². The number of carbonyl (C=O) groups excluding carboxylic acids is 1. The van der Waals surface area contributed by atoms with E-state index in [2.05, 4.69) is 10.0 Å². The maximum Gasteiger partial charge on any atom is 0.241 e. The van der Waals surface area contributed by atoms with E-state index in [1.54, 1.807) is 11.8 Å².